The summed E-state index contributed by atoms with van der Waals surface area (Å²) in [6.45, 7) is 9.07. The quantitative estimate of drug-likeness (QED) is 0.0218. The van der Waals surface area contributed by atoms with Crippen molar-refractivity contribution in [1.29, 1.82) is 21.0 Å². The Bertz CT molecular complexity index is 4640. The molecule has 0 spiro atoms. The third kappa shape index (κ3) is 16.9. The second-order valence-electron chi connectivity index (χ2n) is 26.7. The first kappa shape index (κ1) is 75.2. The molecule has 0 atom stereocenters. The largest absolute Gasteiger partial charge is 0.289 e. The van der Waals surface area contributed by atoms with Crippen LogP contribution < -0.4 is 0 Å². The molecule has 0 unspecified atom stereocenters. The van der Waals surface area contributed by atoms with E-state index in [4.69, 9.17) is 0 Å². The number of hydrogen-bond acceptors (Lipinski definition) is 16. The second kappa shape index (κ2) is 36.1. The van der Waals surface area contributed by atoms with Crippen LogP contribution in [0.25, 0.3) is 55.3 Å². The van der Waals surface area contributed by atoms with Gasteiger partial charge >= 0.3 is 0 Å². The standard InChI is InChI=1S/C88H82N4O2S10/c1-5-9-13-17-25-57-33-37-61(99-57)51-95-87(96-52-62-38-34-58(100-62)26-18-14-10-6-2)81-71-45-74-72(46-73(71)85-77(81)43-65(103-85)41-75-79(55(47-89)48-90)67-29-21-23-31-69(67)83(75)93)82(78-44-66(104-86(74)78)42-76-80(56(49-91)50-92)68-30-22-24-32-70(68)84(76)94)88(97-53-63-39-35-59(101-63)27-19-15-11-7-3)98-54-64-40-36-60(102-64)28-20-16-12-8-4/h21-24,29-46H,5-20,25-28,51-54H2,1-4H3/b75-41-,76-42-. The van der Waals surface area contributed by atoms with Gasteiger partial charge in [0.05, 0.1) is 0 Å². The van der Waals surface area contributed by atoms with E-state index in [1.165, 1.54) is 150 Å². The summed E-state index contributed by atoms with van der Waals surface area (Å²) in [6, 6.07) is 51.3. The topological polar surface area (TPSA) is 129 Å². The number of unbranched alkanes of at least 4 members (excludes halogenated alkanes) is 12. The number of rotatable bonds is 34. The Morgan fingerprint density at radius 1 is 0.327 bits per heavy atom. The molecular weight excluding hydrogens is 1470 g/mol. The van der Waals surface area contributed by atoms with Crippen LogP contribution >= 0.6 is 115 Å². The Morgan fingerprint density at radius 2 is 0.625 bits per heavy atom. The van der Waals surface area contributed by atoms with Gasteiger partial charge in [-0.15, -0.1) is 115 Å². The van der Waals surface area contributed by atoms with Gasteiger partial charge in [0.25, 0.3) is 0 Å². The van der Waals surface area contributed by atoms with Crippen molar-refractivity contribution in [2.75, 3.05) is 0 Å². The van der Waals surface area contributed by atoms with Crippen molar-refractivity contribution in [1.82, 2.24) is 0 Å². The van der Waals surface area contributed by atoms with E-state index >= 15 is 0 Å². The zero-order valence-corrected chi connectivity index (χ0v) is 67.5. The minimum Gasteiger partial charge on any atom is -0.289 e. The third-order valence-corrected chi connectivity index (χ3v) is 32.1. The molecule has 6 heterocycles. The first-order chi connectivity index (χ1) is 51.0. The smallest absolute Gasteiger partial charge is 0.194 e. The maximum atomic E-state index is 14.7. The Kier molecular flexibility index (Phi) is 26.1. The summed E-state index contributed by atoms with van der Waals surface area (Å²) >= 11 is 18.7. The fraction of sp³-hybridized carbons (Fsp3) is 0.318. The minimum absolute atomic E-state index is 0.0851. The van der Waals surface area contributed by atoms with Crippen LogP contribution in [0.1, 0.15) is 233 Å². The van der Waals surface area contributed by atoms with Crippen LogP contribution in [0.5, 0.6) is 0 Å². The van der Waals surface area contributed by atoms with Crippen LogP contribution in [-0.4, -0.2) is 11.6 Å². The molecule has 6 aromatic heterocycles. The number of benzene rings is 3. The zero-order valence-electron chi connectivity index (χ0n) is 59.4. The third-order valence-electron chi connectivity index (χ3n) is 19.4. The van der Waals surface area contributed by atoms with Gasteiger partial charge in [0.2, 0.25) is 0 Å². The number of Topliss-reactive ketones (excluding diaryl/α,β-unsaturated/α-hetero) is 2. The molecule has 0 aliphatic heterocycles. The molecule has 9 aromatic rings. The number of nitriles is 4. The van der Waals surface area contributed by atoms with E-state index in [9.17, 15) is 30.6 Å². The van der Waals surface area contributed by atoms with Crippen molar-refractivity contribution < 1.29 is 9.59 Å². The Hall–Kier alpha value is -7.00. The van der Waals surface area contributed by atoms with Crippen LogP contribution in [0.2, 0.25) is 0 Å². The average Bonchev–Trinajstić information content (AvgIpc) is 1.55. The maximum absolute atomic E-state index is 14.7. The summed E-state index contributed by atoms with van der Waals surface area (Å²) < 4.78 is 2.45. The van der Waals surface area contributed by atoms with Crippen molar-refractivity contribution in [3.05, 3.63) is 245 Å². The Balaban J connectivity index is 1.01. The number of fused-ring (bicyclic) bond motifs is 8. The first-order valence-corrected chi connectivity index (χ1v) is 45.5. The van der Waals surface area contributed by atoms with E-state index in [2.05, 4.69) is 125 Å². The van der Waals surface area contributed by atoms with Gasteiger partial charge in [0, 0.05) is 157 Å². The van der Waals surface area contributed by atoms with Gasteiger partial charge in [0.15, 0.2) is 11.6 Å². The molecule has 0 radical (unpaired) electrons. The molecule has 16 heteroatoms. The number of allylic oxidation sites excluding steroid dienone is 6. The predicted octanol–water partition coefficient (Wildman–Crippen LogP) is 27.8. The highest BCUT2D eigenvalue weighted by atomic mass is 32.2. The molecule has 0 bridgehead atoms. The van der Waals surface area contributed by atoms with E-state index < -0.39 is 0 Å². The number of ketones is 2. The Morgan fingerprint density at radius 3 is 0.923 bits per heavy atom. The lowest BCUT2D eigenvalue weighted by Gasteiger charge is -2.15. The molecule has 0 saturated heterocycles. The van der Waals surface area contributed by atoms with E-state index in [1.807, 2.05) is 141 Å². The van der Waals surface area contributed by atoms with E-state index in [0.29, 0.717) is 44.5 Å². The number of carbonyl (C=O) groups is 2. The SMILES string of the molecule is CCCCCCc1ccc(CSC(SCc2ccc(CCCCCC)s2)=C2c3cc4c(cc3-c3sc(/C=C5\C(=O)c6ccccc6C5=C(C#N)C#N)cc32)C(=C(SCc2ccc(CCCCCC)s2)SCc2ccc(CCCCCC)s2)c2cc(/C=C3\C(=O)c5ccccc5C3=C(C#N)C#N)sc2-4)s1. The molecule has 104 heavy (non-hydrogen) atoms. The minimum atomic E-state index is -0.200. The summed E-state index contributed by atoms with van der Waals surface area (Å²) in [7, 11) is 0. The van der Waals surface area contributed by atoms with Crippen molar-refractivity contribution in [3.8, 4) is 45.2 Å². The number of hydrogen-bond donors (Lipinski definition) is 0. The predicted molar refractivity (Wildman–Crippen MR) is 453 cm³/mol. The van der Waals surface area contributed by atoms with Gasteiger partial charge in [0.1, 0.15) is 35.4 Å². The monoisotopic (exact) mass is 1550 g/mol. The van der Waals surface area contributed by atoms with Crippen LogP contribution in [0.3, 0.4) is 0 Å². The van der Waals surface area contributed by atoms with Gasteiger partial charge in [-0.3, -0.25) is 9.59 Å². The highest BCUT2D eigenvalue weighted by Crippen LogP contribution is 2.61. The summed E-state index contributed by atoms with van der Waals surface area (Å²) in [4.78, 5) is 44.5. The molecule has 3 aromatic carbocycles. The van der Waals surface area contributed by atoms with Crippen LogP contribution in [-0.2, 0) is 48.7 Å². The van der Waals surface area contributed by atoms with E-state index in [-0.39, 0.29) is 22.7 Å². The van der Waals surface area contributed by atoms with Crippen molar-refractivity contribution in [2.24, 2.45) is 0 Å². The number of carbonyl (C=O) groups excluding carboxylic acids is 2. The Labute approximate surface area is 655 Å². The van der Waals surface area contributed by atoms with Crippen LogP contribution in [0, 0.1) is 45.3 Å². The normalized spacial score (nSPS) is 13.8. The summed E-state index contributed by atoms with van der Waals surface area (Å²) in [5, 5.41) is 41.9. The van der Waals surface area contributed by atoms with Gasteiger partial charge in [-0.25, -0.2) is 0 Å². The van der Waals surface area contributed by atoms with E-state index in [1.54, 1.807) is 34.8 Å². The summed E-state index contributed by atoms with van der Waals surface area (Å²) in [5.41, 5.74) is 12.5. The molecule has 4 aliphatic rings. The van der Waals surface area contributed by atoms with Gasteiger partial charge in [-0.1, -0.05) is 153 Å². The van der Waals surface area contributed by atoms with Crippen LogP contribution in [0.15, 0.2) is 152 Å². The lowest BCUT2D eigenvalue weighted by atomic mass is 9.98. The number of nitrogens with zero attached hydrogens (tertiary/aromatic N) is 4. The molecule has 4 aliphatic carbocycles. The highest BCUT2D eigenvalue weighted by molar-refractivity contribution is 8.22. The van der Waals surface area contributed by atoms with Crippen molar-refractivity contribution in [3.63, 3.8) is 0 Å². The van der Waals surface area contributed by atoms with Crippen molar-refractivity contribution in [2.45, 2.75) is 179 Å². The average molecular weight is 1550 g/mol. The molecule has 0 saturated carbocycles. The molecule has 0 fully saturated rings. The lowest BCUT2D eigenvalue weighted by molar-refractivity contribution is 0.103. The molecule has 13 rings (SSSR count). The maximum Gasteiger partial charge on any atom is 0.194 e. The molecule has 526 valence electrons. The molecule has 0 N–H and O–H groups in total. The van der Waals surface area contributed by atoms with Gasteiger partial charge in [-0.2, -0.15) is 21.0 Å². The summed E-state index contributed by atoms with van der Waals surface area (Å²) in [5.74, 6) is 2.79. The van der Waals surface area contributed by atoms with Crippen molar-refractivity contribution >= 4 is 161 Å². The lowest BCUT2D eigenvalue weighted by Crippen LogP contribution is -1.95. The van der Waals surface area contributed by atoms with Crippen LogP contribution in [0.4, 0.5) is 0 Å². The van der Waals surface area contributed by atoms with E-state index in [0.717, 1.165) is 113 Å². The second-order valence-corrected chi connectivity index (χ2v) is 38.4. The summed E-state index contributed by atoms with van der Waals surface area (Å²) in [6.07, 6.45) is 27.8. The number of thiophene rings is 6. The fourth-order valence-corrected chi connectivity index (χ4v) is 25.8. The first-order valence-electron chi connectivity index (χ1n) is 36.6. The molecule has 0 amide bonds. The fourth-order valence-electron chi connectivity index (χ4n) is 14.2. The number of thioether (sulfide) groups is 4. The number of aryl methyl sites for hydroxylation is 4. The molecule has 6 nitrogen and oxygen atoms in total. The highest BCUT2D eigenvalue weighted by Gasteiger charge is 2.39. The zero-order chi connectivity index (χ0) is 72.1. The van der Waals surface area contributed by atoms with Gasteiger partial charge < -0.3 is 0 Å². The molecular formula is C88H82N4O2S10. The van der Waals surface area contributed by atoms with Gasteiger partial charge in [-0.05, 0) is 159 Å².